The Balaban J connectivity index is 1.66. The number of pyridine rings is 1. The molecule has 1 aliphatic heterocycles. The van der Waals surface area contributed by atoms with E-state index >= 15 is 8.78 Å². The second-order valence-electron chi connectivity index (χ2n) is 8.25. The predicted octanol–water partition coefficient (Wildman–Crippen LogP) is 3.50. The van der Waals surface area contributed by atoms with Crippen LogP contribution in [0.1, 0.15) is 11.4 Å². The Kier molecular flexibility index (Phi) is 6.30. The molecule has 0 bridgehead atoms. The summed E-state index contributed by atoms with van der Waals surface area (Å²) in [5.41, 5.74) is 2.08. The lowest BCUT2D eigenvalue weighted by atomic mass is 10.2. The fourth-order valence-electron chi connectivity index (χ4n) is 4.15. The maximum atomic E-state index is 15.7. The highest BCUT2D eigenvalue weighted by Crippen LogP contribution is 2.41. The highest BCUT2D eigenvalue weighted by Gasteiger charge is 2.33. The van der Waals surface area contributed by atoms with E-state index in [2.05, 4.69) is 25.7 Å². The molecule has 0 unspecified atom stereocenters. The summed E-state index contributed by atoms with van der Waals surface area (Å²) in [6, 6.07) is 6.42. The van der Waals surface area contributed by atoms with Crippen LogP contribution in [-0.2, 0) is 20.6 Å². The number of hydrogen-bond acceptors (Lipinski definition) is 8. The molecular formula is C25H25F2N8O2+. The standard InChI is InChI=1S/C25H24F2N8O2/c1-33-13-15(11-31-33)17-12-30-16-6-7-21(34(2)25(16)32-17)35(14-20-28-8-5-9-29-20)24-22(26)18(36-3)10-19(37-4)23(24)27/h5-13,30H,14H2,1-4H3/p+1. The Labute approximate surface area is 211 Å². The van der Waals surface area contributed by atoms with Crippen LogP contribution in [0.4, 0.5) is 31.8 Å². The van der Waals surface area contributed by atoms with E-state index in [9.17, 15) is 0 Å². The second-order valence-corrected chi connectivity index (χ2v) is 8.25. The number of ether oxygens (including phenoxy) is 2. The van der Waals surface area contributed by atoms with Crippen LogP contribution in [0.3, 0.4) is 0 Å². The summed E-state index contributed by atoms with van der Waals surface area (Å²) in [6.07, 6.45) is 8.59. The van der Waals surface area contributed by atoms with Gasteiger partial charge in [0.05, 0.1) is 33.0 Å². The number of hydrogen-bond donors (Lipinski definition) is 2. The first kappa shape index (κ1) is 24.0. The van der Waals surface area contributed by atoms with Crippen molar-refractivity contribution in [3.05, 3.63) is 78.3 Å². The SMILES string of the molecule is COc1cc(OC)c(F)c(N(Cc2ncccn2)c2ccc3c([n+]2C)NC(c2cnn(C)c2)=CN3)c1F. The summed E-state index contributed by atoms with van der Waals surface area (Å²) in [4.78, 5) is 9.99. The first-order chi connectivity index (χ1) is 17.9. The van der Waals surface area contributed by atoms with E-state index in [0.717, 1.165) is 16.9 Å². The van der Waals surface area contributed by atoms with E-state index in [1.54, 1.807) is 47.0 Å². The van der Waals surface area contributed by atoms with Crippen molar-refractivity contribution < 1.29 is 22.8 Å². The molecule has 0 amide bonds. The van der Waals surface area contributed by atoms with E-state index in [1.807, 2.05) is 25.5 Å². The first-order valence-electron chi connectivity index (χ1n) is 11.3. The van der Waals surface area contributed by atoms with Crippen LogP contribution in [0.5, 0.6) is 11.5 Å². The first-order valence-corrected chi connectivity index (χ1v) is 11.3. The van der Waals surface area contributed by atoms with Crippen molar-refractivity contribution in [1.29, 1.82) is 0 Å². The number of fused-ring (bicyclic) bond motifs is 1. The van der Waals surface area contributed by atoms with Crippen LogP contribution < -0.4 is 29.6 Å². The molecule has 4 heterocycles. The quantitative estimate of drug-likeness (QED) is 0.367. The van der Waals surface area contributed by atoms with Crippen LogP contribution in [0.15, 0.2) is 55.3 Å². The van der Waals surface area contributed by atoms with E-state index in [4.69, 9.17) is 9.47 Å². The number of rotatable bonds is 7. The van der Waals surface area contributed by atoms with Gasteiger partial charge in [-0.3, -0.25) is 10.00 Å². The number of nitrogens with zero attached hydrogens (tertiary/aromatic N) is 6. The fourth-order valence-corrected chi connectivity index (χ4v) is 4.15. The number of halogens is 2. The van der Waals surface area contributed by atoms with Gasteiger partial charge in [-0.25, -0.2) is 19.4 Å². The number of anilines is 4. The Hall–Kier alpha value is -4.74. The molecule has 5 rings (SSSR count). The summed E-state index contributed by atoms with van der Waals surface area (Å²) in [5.74, 6) is -0.575. The maximum absolute atomic E-state index is 15.7. The van der Waals surface area contributed by atoms with Crippen LogP contribution in [0.2, 0.25) is 0 Å². The summed E-state index contributed by atoms with van der Waals surface area (Å²) in [7, 11) is 6.25. The minimum Gasteiger partial charge on any atom is -0.493 e. The molecule has 0 aliphatic carbocycles. The van der Waals surface area contributed by atoms with Gasteiger partial charge in [0.2, 0.25) is 23.3 Å². The highest BCUT2D eigenvalue weighted by atomic mass is 19.1. The maximum Gasteiger partial charge on any atom is 0.250 e. The lowest BCUT2D eigenvalue weighted by Gasteiger charge is -2.25. The fraction of sp³-hybridized carbons (Fsp3) is 0.200. The van der Waals surface area contributed by atoms with Gasteiger partial charge in [0.1, 0.15) is 17.9 Å². The third-order valence-corrected chi connectivity index (χ3v) is 5.99. The number of methoxy groups -OCH3 is 2. The van der Waals surface area contributed by atoms with Crippen molar-refractivity contribution in [2.75, 3.05) is 29.8 Å². The topological polar surface area (TPSA) is 93.2 Å². The van der Waals surface area contributed by atoms with Gasteiger partial charge in [-0.15, -0.1) is 0 Å². The van der Waals surface area contributed by atoms with Crippen LogP contribution in [0, 0.1) is 11.6 Å². The molecular weight excluding hydrogens is 482 g/mol. The van der Waals surface area contributed by atoms with Gasteiger partial charge in [-0.2, -0.15) is 13.9 Å². The molecule has 0 saturated carbocycles. The zero-order valence-electron chi connectivity index (χ0n) is 20.7. The molecule has 3 aromatic heterocycles. The van der Waals surface area contributed by atoms with Crippen molar-refractivity contribution in [1.82, 2.24) is 19.7 Å². The van der Waals surface area contributed by atoms with Crippen LogP contribution >= 0.6 is 0 Å². The molecule has 0 atom stereocenters. The normalized spacial score (nSPS) is 12.2. The van der Waals surface area contributed by atoms with Gasteiger partial charge in [-0.05, 0) is 12.1 Å². The number of nitrogens with one attached hydrogen (secondary N) is 2. The number of aromatic nitrogens is 5. The minimum atomic E-state index is -0.878. The second kappa shape index (κ2) is 9.72. The summed E-state index contributed by atoms with van der Waals surface area (Å²) in [6.45, 7) is -0.0314. The summed E-state index contributed by atoms with van der Waals surface area (Å²) < 4.78 is 45.2. The predicted molar refractivity (Wildman–Crippen MR) is 133 cm³/mol. The van der Waals surface area contributed by atoms with Gasteiger partial charge in [0.25, 0.3) is 0 Å². The molecule has 0 radical (unpaired) electrons. The Morgan fingerprint density at radius 2 is 1.78 bits per heavy atom. The van der Waals surface area contributed by atoms with Crippen molar-refractivity contribution in [2.24, 2.45) is 14.1 Å². The zero-order chi connectivity index (χ0) is 26.1. The lowest BCUT2D eigenvalue weighted by Crippen LogP contribution is -2.41. The van der Waals surface area contributed by atoms with E-state index in [-0.39, 0.29) is 23.7 Å². The van der Waals surface area contributed by atoms with Gasteiger partial charge in [0.15, 0.2) is 23.0 Å². The lowest BCUT2D eigenvalue weighted by molar-refractivity contribution is -0.643. The Bertz CT molecular complexity index is 1460. The highest BCUT2D eigenvalue weighted by molar-refractivity contribution is 5.85. The van der Waals surface area contributed by atoms with E-state index in [1.165, 1.54) is 25.2 Å². The average Bonchev–Trinajstić information content (AvgIpc) is 3.35. The number of aryl methyl sites for hydroxylation is 1. The summed E-state index contributed by atoms with van der Waals surface area (Å²) >= 11 is 0. The van der Waals surface area contributed by atoms with Gasteiger partial charge in [-0.1, -0.05) is 0 Å². The Morgan fingerprint density at radius 1 is 1.08 bits per heavy atom. The van der Waals surface area contributed by atoms with Crippen molar-refractivity contribution in [3.8, 4) is 11.5 Å². The smallest absolute Gasteiger partial charge is 0.250 e. The monoisotopic (exact) mass is 507 g/mol. The third-order valence-electron chi connectivity index (χ3n) is 5.99. The molecule has 12 heteroatoms. The largest absolute Gasteiger partial charge is 0.493 e. The molecule has 1 aliphatic rings. The molecule has 0 saturated heterocycles. The molecule has 2 N–H and O–H groups in total. The van der Waals surface area contributed by atoms with Crippen molar-refractivity contribution in [2.45, 2.75) is 6.54 Å². The zero-order valence-corrected chi connectivity index (χ0v) is 20.7. The van der Waals surface area contributed by atoms with Crippen molar-refractivity contribution >= 4 is 28.7 Å². The molecule has 10 nitrogen and oxygen atoms in total. The Morgan fingerprint density at radius 3 is 2.41 bits per heavy atom. The molecule has 37 heavy (non-hydrogen) atoms. The minimum absolute atomic E-state index is 0.0314. The van der Waals surface area contributed by atoms with Crippen molar-refractivity contribution in [3.63, 3.8) is 0 Å². The molecule has 1 aromatic carbocycles. The average molecular weight is 508 g/mol. The molecule has 0 spiro atoms. The third kappa shape index (κ3) is 4.37. The number of benzene rings is 1. The van der Waals surface area contributed by atoms with Gasteiger partial charge >= 0.3 is 0 Å². The van der Waals surface area contributed by atoms with Gasteiger partial charge < -0.3 is 14.8 Å². The molecule has 190 valence electrons. The van der Waals surface area contributed by atoms with E-state index in [0.29, 0.717) is 17.5 Å². The van der Waals surface area contributed by atoms with Crippen LogP contribution in [-0.4, -0.2) is 34.0 Å². The molecule has 0 fully saturated rings. The van der Waals surface area contributed by atoms with E-state index < -0.39 is 11.6 Å². The molecule has 4 aromatic rings. The van der Waals surface area contributed by atoms with Crippen LogP contribution in [0.25, 0.3) is 5.70 Å². The van der Waals surface area contributed by atoms with Gasteiger partial charge in [0, 0.05) is 44.0 Å². The summed E-state index contributed by atoms with van der Waals surface area (Å²) in [5, 5.41) is 10.9.